The summed E-state index contributed by atoms with van der Waals surface area (Å²) in [7, 11) is 3.31. The molecule has 0 unspecified atom stereocenters. The molecule has 1 aliphatic rings. The van der Waals surface area contributed by atoms with Crippen molar-refractivity contribution in [3.05, 3.63) is 52.6 Å². The molecule has 25 heavy (non-hydrogen) atoms. The molecule has 0 bridgehead atoms. The van der Waals surface area contributed by atoms with Crippen molar-refractivity contribution in [2.24, 2.45) is 0 Å². The molecule has 0 atom stereocenters. The van der Waals surface area contributed by atoms with Gasteiger partial charge in [0.25, 0.3) is 0 Å². The van der Waals surface area contributed by atoms with Crippen LogP contribution < -0.4 is 14.4 Å². The van der Waals surface area contributed by atoms with Crippen LogP contribution in [0.25, 0.3) is 0 Å². The van der Waals surface area contributed by atoms with Crippen molar-refractivity contribution in [2.45, 2.75) is 33.1 Å². The van der Waals surface area contributed by atoms with Crippen molar-refractivity contribution >= 4 is 11.6 Å². The first-order valence-corrected chi connectivity index (χ1v) is 8.65. The highest BCUT2D eigenvalue weighted by Crippen LogP contribution is 2.38. The van der Waals surface area contributed by atoms with E-state index >= 15 is 0 Å². The summed E-state index contributed by atoms with van der Waals surface area (Å²) in [6, 6.07) is 9.96. The van der Waals surface area contributed by atoms with Crippen molar-refractivity contribution < 1.29 is 14.3 Å². The van der Waals surface area contributed by atoms with Gasteiger partial charge in [0.05, 0.1) is 26.3 Å². The molecule has 4 heteroatoms. The molecule has 0 N–H and O–H groups in total. The number of ether oxygens (including phenoxy) is 2. The van der Waals surface area contributed by atoms with Crippen LogP contribution in [0.1, 0.15) is 28.7 Å². The molecule has 0 aromatic heterocycles. The van der Waals surface area contributed by atoms with Crippen LogP contribution in [0.5, 0.6) is 11.5 Å². The average Bonchev–Trinajstić information content (AvgIpc) is 2.63. The monoisotopic (exact) mass is 339 g/mol. The molecule has 2 aromatic carbocycles. The van der Waals surface area contributed by atoms with Crippen LogP contribution >= 0.6 is 0 Å². The predicted octanol–water partition coefficient (Wildman–Crippen LogP) is 3.84. The lowest BCUT2D eigenvalue weighted by atomic mass is 9.95. The molecule has 0 radical (unpaired) electrons. The average molecular weight is 339 g/mol. The van der Waals surface area contributed by atoms with Gasteiger partial charge in [-0.2, -0.15) is 0 Å². The molecule has 2 aromatic rings. The Balaban J connectivity index is 1.91. The van der Waals surface area contributed by atoms with E-state index < -0.39 is 0 Å². The number of anilines is 1. The van der Waals surface area contributed by atoms with Crippen LogP contribution in [0.3, 0.4) is 0 Å². The number of hydrogen-bond donors (Lipinski definition) is 0. The number of aryl methyl sites for hydroxylation is 2. The largest absolute Gasteiger partial charge is 0.496 e. The van der Waals surface area contributed by atoms with Crippen LogP contribution in [0.2, 0.25) is 0 Å². The molecule has 0 saturated heterocycles. The lowest BCUT2D eigenvalue weighted by Crippen LogP contribution is -2.37. The van der Waals surface area contributed by atoms with Crippen LogP contribution in [0.4, 0.5) is 5.69 Å². The summed E-state index contributed by atoms with van der Waals surface area (Å²) in [5, 5.41) is 0. The minimum Gasteiger partial charge on any atom is -0.496 e. The Bertz CT molecular complexity index is 798. The molecule has 0 saturated carbocycles. The van der Waals surface area contributed by atoms with Gasteiger partial charge in [-0.1, -0.05) is 18.2 Å². The van der Waals surface area contributed by atoms with E-state index in [1.54, 1.807) is 14.2 Å². The number of hydrogen-bond acceptors (Lipinski definition) is 3. The molecule has 1 aliphatic heterocycles. The smallest absolute Gasteiger partial charge is 0.231 e. The van der Waals surface area contributed by atoms with Gasteiger partial charge >= 0.3 is 0 Å². The number of fused-ring (bicyclic) bond motifs is 1. The van der Waals surface area contributed by atoms with Crippen LogP contribution in [-0.2, 0) is 17.6 Å². The van der Waals surface area contributed by atoms with Gasteiger partial charge < -0.3 is 14.4 Å². The maximum Gasteiger partial charge on any atom is 0.231 e. The molecule has 0 aliphatic carbocycles. The highest BCUT2D eigenvalue weighted by atomic mass is 16.5. The minimum absolute atomic E-state index is 0.0933. The maximum atomic E-state index is 13.0. The minimum atomic E-state index is 0.0933. The summed E-state index contributed by atoms with van der Waals surface area (Å²) >= 11 is 0. The van der Waals surface area contributed by atoms with E-state index in [4.69, 9.17) is 9.47 Å². The molecular formula is C21H25NO3. The fraction of sp³-hybridized carbons (Fsp3) is 0.381. The van der Waals surface area contributed by atoms with E-state index in [9.17, 15) is 4.79 Å². The zero-order chi connectivity index (χ0) is 18.0. The Morgan fingerprint density at radius 2 is 1.76 bits per heavy atom. The standard InChI is InChI=1S/C21H25NO3/c1-14-8-10-18(24-3)21-17(14)6-5-11-22(21)20(23)13-16-9-7-15(2)19(12-16)25-4/h7-10,12H,5-6,11,13H2,1-4H3. The molecular weight excluding hydrogens is 314 g/mol. The first-order valence-electron chi connectivity index (χ1n) is 8.65. The second-order valence-corrected chi connectivity index (χ2v) is 6.54. The summed E-state index contributed by atoms with van der Waals surface area (Å²) in [6.45, 7) is 4.82. The van der Waals surface area contributed by atoms with Gasteiger partial charge in [-0.25, -0.2) is 0 Å². The number of rotatable bonds is 4. The zero-order valence-corrected chi connectivity index (χ0v) is 15.4. The zero-order valence-electron chi connectivity index (χ0n) is 15.4. The van der Waals surface area contributed by atoms with E-state index in [0.717, 1.165) is 47.7 Å². The third-order valence-electron chi connectivity index (χ3n) is 4.91. The van der Waals surface area contributed by atoms with Gasteiger partial charge in [-0.15, -0.1) is 0 Å². The third-order valence-corrected chi connectivity index (χ3v) is 4.91. The second kappa shape index (κ2) is 7.18. The van der Waals surface area contributed by atoms with E-state index in [2.05, 4.69) is 13.0 Å². The van der Waals surface area contributed by atoms with Crippen molar-refractivity contribution in [3.63, 3.8) is 0 Å². The fourth-order valence-corrected chi connectivity index (χ4v) is 3.51. The molecule has 3 rings (SSSR count). The molecule has 1 heterocycles. The normalized spacial score (nSPS) is 13.4. The van der Waals surface area contributed by atoms with Gasteiger partial charge in [0.2, 0.25) is 5.91 Å². The molecule has 0 fully saturated rings. The van der Waals surface area contributed by atoms with Gasteiger partial charge in [-0.05, 0) is 61.1 Å². The van der Waals surface area contributed by atoms with Crippen molar-refractivity contribution in [2.75, 3.05) is 25.7 Å². The van der Waals surface area contributed by atoms with Gasteiger partial charge in [0.15, 0.2) is 0 Å². The summed E-state index contributed by atoms with van der Waals surface area (Å²) in [4.78, 5) is 14.9. The summed E-state index contributed by atoms with van der Waals surface area (Å²) in [5.74, 6) is 1.68. The molecule has 4 nitrogen and oxygen atoms in total. The Hall–Kier alpha value is -2.49. The van der Waals surface area contributed by atoms with Crippen molar-refractivity contribution in [3.8, 4) is 11.5 Å². The van der Waals surface area contributed by atoms with Crippen molar-refractivity contribution in [1.29, 1.82) is 0 Å². The third kappa shape index (κ3) is 3.34. The van der Waals surface area contributed by atoms with E-state index in [-0.39, 0.29) is 5.91 Å². The summed E-state index contributed by atoms with van der Waals surface area (Å²) < 4.78 is 10.9. The predicted molar refractivity (Wildman–Crippen MR) is 99.8 cm³/mol. The first kappa shape index (κ1) is 17.3. The van der Waals surface area contributed by atoms with Crippen molar-refractivity contribution in [1.82, 2.24) is 0 Å². The Morgan fingerprint density at radius 3 is 2.48 bits per heavy atom. The quantitative estimate of drug-likeness (QED) is 0.849. The maximum absolute atomic E-state index is 13.0. The highest BCUT2D eigenvalue weighted by molar-refractivity contribution is 5.97. The molecule has 1 amide bonds. The summed E-state index contributed by atoms with van der Waals surface area (Å²) in [6.07, 6.45) is 2.32. The van der Waals surface area contributed by atoms with Crippen LogP contribution in [-0.4, -0.2) is 26.7 Å². The number of benzene rings is 2. The lowest BCUT2D eigenvalue weighted by Gasteiger charge is -2.32. The summed E-state index contributed by atoms with van der Waals surface area (Å²) in [5.41, 5.74) is 5.41. The van der Waals surface area contributed by atoms with E-state index in [1.807, 2.05) is 36.1 Å². The van der Waals surface area contributed by atoms with Crippen LogP contribution in [0.15, 0.2) is 30.3 Å². The Morgan fingerprint density at radius 1 is 1.04 bits per heavy atom. The number of methoxy groups -OCH3 is 2. The van der Waals surface area contributed by atoms with Gasteiger partial charge in [-0.3, -0.25) is 4.79 Å². The van der Waals surface area contributed by atoms with E-state index in [0.29, 0.717) is 6.42 Å². The van der Waals surface area contributed by atoms with Gasteiger partial charge in [0, 0.05) is 6.54 Å². The van der Waals surface area contributed by atoms with Crippen LogP contribution in [0, 0.1) is 13.8 Å². The Labute approximate surface area is 149 Å². The number of carbonyl (C=O) groups excluding carboxylic acids is 1. The number of nitrogens with zero attached hydrogens (tertiary/aromatic N) is 1. The van der Waals surface area contributed by atoms with E-state index in [1.165, 1.54) is 11.1 Å². The second-order valence-electron chi connectivity index (χ2n) is 6.54. The lowest BCUT2D eigenvalue weighted by molar-refractivity contribution is -0.118. The topological polar surface area (TPSA) is 38.8 Å². The fourth-order valence-electron chi connectivity index (χ4n) is 3.51. The molecule has 132 valence electrons. The SMILES string of the molecule is COc1cc(CC(=O)N2CCCc3c(C)ccc(OC)c32)ccc1C. The van der Waals surface area contributed by atoms with Gasteiger partial charge in [0.1, 0.15) is 11.5 Å². The number of amides is 1. The first-order chi connectivity index (χ1) is 12.0. The number of carbonyl (C=O) groups is 1. The Kier molecular flexibility index (Phi) is 4.98. The molecule has 0 spiro atoms. The highest BCUT2D eigenvalue weighted by Gasteiger charge is 2.27.